The molecule has 1 aliphatic rings. The van der Waals surface area contributed by atoms with Crippen LogP contribution < -0.4 is 4.90 Å². The Labute approximate surface area is 196 Å². The van der Waals surface area contributed by atoms with Gasteiger partial charge in [-0.1, -0.05) is 62.7 Å². The van der Waals surface area contributed by atoms with Gasteiger partial charge in [-0.3, -0.25) is 9.59 Å². The molecule has 2 amide bonds. The van der Waals surface area contributed by atoms with Gasteiger partial charge in [-0.25, -0.2) is 4.90 Å². The number of carbonyl (C=O) groups excluding carboxylic acids is 2. The molecule has 0 unspecified atom stereocenters. The van der Waals surface area contributed by atoms with E-state index in [2.05, 4.69) is 20.8 Å². The average Bonchev–Trinajstić information content (AvgIpc) is 3.04. The van der Waals surface area contributed by atoms with Crippen molar-refractivity contribution in [3.63, 3.8) is 0 Å². The fourth-order valence-corrected chi connectivity index (χ4v) is 3.88. The Balaban J connectivity index is 2.09. The summed E-state index contributed by atoms with van der Waals surface area (Å²) in [7, 11) is 3.24. The van der Waals surface area contributed by atoms with E-state index in [1.54, 1.807) is 14.2 Å². The Bertz CT molecular complexity index is 1010. The van der Waals surface area contributed by atoms with Crippen molar-refractivity contribution in [2.75, 3.05) is 45.4 Å². The maximum atomic E-state index is 13.7. The van der Waals surface area contributed by atoms with Crippen LogP contribution in [0.3, 0.4) is 0 Å². The first-order chi connectivity index (χ1) is 15.7. The molecule has 6 heteroatoms. The Morgan fingerprint density at radius 3 is 1.85 bits per heavy atom. The molecular formula is C27H34N2O4. The van der Waals surface area contributed by atoms with Crippen LogP contribution in [0.2, 0.25) is 0 Å². The van der Waals surface area contributed by atoms with Crippen LogP contribution in [0.1, 0.15) is 37.5 Å². The summed E-state index contributed by atoms with van der Waals surface area (Å²) in [6.45, 7) is 10.2. The summed E-state index contributed by atoms with van der Waals surface area (Å²) in [5.41, 5.74) is 4.29. The Morgan fingerprint density at radius 2 is 1.36 bits per heavy atom. The van der Waals surface area contributed by atoms with Crippen LogP contribution in [0.15, 0.2) is 54.2 Å². The quantitative estimate of drug-likeness (QED) is 0.537. The van der Waals surface area contributed by atoms with Crippen molar-refractivity contribution in [3.8, 4) is 0 Å². The Morgan fingerprint density at radius 1 is 0.818 bits per heavy atom. The van der Waals surface area contributed by atoms with Gasteiger partial charge in [-0.2, -0.15) is 0 Å². The molecule has 176 valence electrons. The first kappa shape index (κ1) is 24.7. The number of nitrogens with zero attached hydrogens (tertiary/aromatic N) is 2. The number of ether oxygens (including phenoxy) is 2. The normalized spacial score (nSPS) is 14.4. The second kappa shape index (κ2) is 10.3. The summed E-state index contributed by atoms with van der Waals surface area (Å²) >= 11 is 0. The molecular weight excluding hydrogens is 416 g/mol. The molecule has 0 atom stereocenters. The molecule has 0 aliphatic carbocycles. The lowest BCUT2D eigenvalue weighted by Gasteiger charge is -2.26. The van der Waals surface area contributed by atoms with Crippen molar-refractivity contribution in [2.45, 2.75) is 33.1 Å². The van der Waals surface area contributed by atoms with Crippen LogP contribution in [-0.2, 0) is 24.5 Å². The summed E-state index contributed by atoms with van der Waals surface area (Å²) in [5.74, 6) is -0.645. The van der Waals surface area contributed by atoms with E-state index in [9.17, 15) is 9.59 Å². The number of hydrogen-bond donors (Lipinski definition) is 0. The topological polar surface area (TPSA) is 59.1 Å². The van der Waals surface area contributed by atoms with Crippen molar-refractivity contribution in [2.24, 2.45) is 0 Å². The van der Waals surface area contributed by atoms with Gasteiger partial charge in [0.05, 0.1) is 24.5 Å². The zero-order chi connectivity index (χ0) is 24.2. The SMILES string of the molecule is COCCN(CCOC)C1=C(c2ccc(C)cc2)C(=O)N(c2ccc(C(C)(C)C)cc2)C1=O. The highest BCUT2D eigenvalue weighted by atomic mass is 16.5. The van der Waals surface area contributed by atoms with Crippen LogP contribution in [0, 0.1) is 6.92 Å². The van der Waals surface area contributed by atoms with Crippen molar-refractivity contribution >= 4 is 23.1 Å². The minimum atomic E-state index is -0.328. The first-order valence-electron chi connectivity index (χ1n) is 11.2. The fourth-order valence-electron chi connectivity index (χ4n) is 3.88. The number of rotatable bonds is 9. The largest absolute Gasteiger partial charge is 0.383 e. The first-order valence-corrected chi connectivity index (χ1v) is 11.2. The van der Waals surface area contributed by atoms with Gasteiger partial charge in [0, 0.05) is 27.3 Å². The molecule has 3 rings (SSSR count). The predicted molar refractivity (Wildman–Crippen MR) is 131 cm³/mol. The summed E-state index contributed by atoms with van der Waals surface area (Å²) in [5, 5.41) is 0. The molecule has 1 aliphatic heterocycles. The maximum Gasteiger partial charge on any atom is 0.282 e. The highest BCUT2D eigenvalue weighted by molar-refractivity contribution is 6.45. The highest BCUT2D eigenvalue weighted by Crippen LogP contribution is 2.35. The number of hydrogen-bond acceptors (Lipinski definition) is 5. The smallest absolute Gasteiger partial charge is 0.282 e. The van der Waals surface area contributed by atoms with Gasteiger partial charge in [0.15, 0.2) is 0 Å². The number of carbonyl (C=O) groups is 2. The number of methoxy groups -OCH3 is 2. The van der Waals surface area contributed by atoms with Crippen molar-refractivity contribution < 1.29 is 19.1 Å². The fraction of sp³-hybridized carbons (Fsp3) is 0.407. The predicted octanol–water partition coefficient (Wildman–Crippen LogP) is 4.17. The monoisotopic (exact) mass is 450 g/mol. The van der Waals surface area contributed by atoms with E-state index in [1.807, 2.05) is 60.4 Å². The molecule has 0 aromatic heterocycles. The van der Waals surface area contributed by atoms with Crippen molar-refractivity contribution in [3.05, 3.63) is 70.9 Å². The van der Waals surface area contributed by atoms with E-state index in [4.69, 9.17) is 9.47 Å². The van der Waals surface area contributed by atoms with Crippen LogP contribution in [0.5, 0.6) is 0 Å². The van der Waals surface area contributed by atoms with Gasteiger partial charge in [-0.15, -0.1) is 0 Å². The minimum absolute atomic E-state index is 0.0227. The van der Waals surface area contributed by atoms with Gasteiger partial charge in [0.25, 0.3) is 11.8 Å². The zero-order valence-corrected chi connectivity index (χ0v) is 20.5. The van der Waals surface area contributed by atoms with E-state index in [0.29, 0.717) is 43.3 Å². The lowest BCUT2D eigenvalue weighted by Crippen LogP contribution is -2.37. The average molecular weight is 451 g/mol. The second-order valence-corrected chi connectivity index (χ2v) is 9.30. The lowest BCUT2D eigenvalue weighted by atomic mass is 9.87. The molecule has 2 aromatic rings. The molecule has 33 heavy (non-hydrogen) atoms. The standard InChI is InChI=1S/C27H34N2O4/c1-19-7-9-20(10-8-19)23-24(28(15-17-32-5)16-18-33-6)26(31)29(25(23)30)22-13-11-21(12-14-22)27(2,3)4/h7-14H,15-18H2,1-6H3. The van der Waals surface area contributed by atoms with Crippen molar-refractivity contribution in [1.82, 2.24) is 4.90 Å². The molecule has 0 spiro atoms. The Hall–Kier alpha value is -2.96. The molecule has 0 N–H and O–H groups in total. The molecule has 0 saturated carbocycles. The van der Waals surface area contributed by atoms with Gasteiger partial charge in [0.2, 0.25) is 0 Å². The van der Waals surface area contributed by atoms with Crippen molar-refractivity contribution in [1.29, 1.82) is 0 Å². The summed E-state index contributed by atoms with van der Waals surface area (Å²) in [6, 6.07) is 15.3. The number of anilines is 1. The molecule has 2 aromatic carbocycles. The van der Waals surface area contributed by atoms with E-state index < -0.39 is 0 Å². The number of benzene rings is 2. The van der Waals surface area contributed by atoms with Crippen LogP contribution in [0.25, 0.3) is 5.57 Å². The number of aryl methyl sites for hydroxylation is 1. The minimum Gasteiger partial charge on any atom is -0.383 e. The van der Waals surface area contributed by atoms with Gasteiger partial charge >= 0.3 is 0 Å². The van der Waals surface area contributed by atoms with E-state index in [1.165, 1.54) is 4.90 Å². The molecule has 0 saturated heterocycles. The van der Waals surface area contributed by atoms with E-state index in [-0.39, 0.29) is 17.2 Å². The molecule has 0 radical (unpaired) electrons. The lowest BCUT2D eigenvalue weighted by molar-refractivity contribution is -0.120. The molecule has 0 fully saturated rings. The van der Waals surface area contributed by atoms with Crippen LogP contribution >= 0.6 is 0 Å². The van der Waals surface area contributed by atoms with E-state index in [0.717, 1.165) is 16.7 Å². The third kappa shape index (κ3) is 5.34. The third-order valence-corrected chi connectivity index (χ3v) is 5.84. The summed E-state index contributed by atoms with van der Waals surface area (Å²) in [6.07, 6.45) is 0. The van der Waals surface area contributed by atoms with Gasteiger partial charge in [-0.05, 0) is 35.6 Å². The third-order valence-electron chi connectivity index (χ3n) is 5.84. The zero-order valence-electron chi connectivity index (χ0n) is 20.5. The molecule has 1 heterocycles. The maximum absolute atomic E-state index is 13.7. The highest BCUT2D eigenvalue weighted by Gasteiger charge is 2.42. The van der Waals surface area contributed by atoms with E-state index >= 15 is 0 Å². The van der Waals surface area contributed by atoms with Gasteiger partial charge in [0.1, 0.15) is 5.70 Å². The Kier molecular flexibility index (Phi) is 7.72. The second-order valence-electron chi connectivity index (χ2n) is 9.30. The van der Waals surface area contributed by atoms with Gasteiger partial charge < -0.3 is 14.4 Å². The summed E-state index contributed by atoms with van der Waals surface area (Å²) in [4.78, 5) is 30.6. The number of amides is 2. The molecule has 6 nitrogen and oxygen atoms in total. The van der Waals surface area contributed by atoms with Crippen LogP contribution in [0.4, 0.5) is 5.69 Å². The summed E-state index contributed by atoms with van der Waals surface area (Å²) < 4.78 is 10.5. The van der Waals surface area contributed by atoms with Crippen LogP contribution in [-0.4, -0.2) is 57.2 Å². The molecule has 0 bridgehead atoms. The number of imide groups is 1.